The highest BCUT2D eigenvalue weighted by molar-refractivity contribution is 7.15. The highest BCUT2D eigenvalue weighted by Gasteiger charge is 2.41. The summed E-state index contributed by atoms with van der Waals surface area (Å²) in [6, 6.07) is 0. The summed E-state index contributed by atoms with van der Waals surface area (Å²) in [6.45, 7) is 1.96. The van der Waals surface area contributed by atoms with Gasteiger partial charge in [-0.05, 0) is 19.8 Å². The summed E-state index contributed by atoms with van der Waals surface area (Å²) in [4.78, 5) is 29.1. The predicted molar refractivity (Wildman–Crippen MR) is 72.8 cm³/mol. The molecule has 122 valence electrons. The van der Waals surface area contributed by atoms with E-state index in [-0.39, 0.29) is 42.4 Å². The number of carbonyl (C=O) groups excluding carboxylic acids is 2. The second kappa shape index (κ2) is 6.64. The Morgan fingerprint density at radius 1 is 1.41 bits per heavy atom. The molecule has 1 fully saturated rings. The molecule has 22 heavy (non-hydrogen) atoms. The molecule has 2 heterocycles. The summed E-state index contributed by atoms with van der Waals surface area (Å²) in [5.41, 5.74) is 0. The van der Waals surface area contributed by atoms with Crippen molar-refractivity contribution >= 4 is 23.2 Å². The van der Waals surface area contributed by atoms with E-state index in [1.807, 2.05) is 0 Å². The molecule has 0 saturated carbocycles. The van der Waals surface area contributed by atoms with E-state index in [9.17, 15) is 22.8 Å². The largest absolute Gasteiger partial charge is 0.461 e. The van der Waals surface area contributed by atoms with Crippen LogP contribution in [0.4, 0.5) is 13.2 Å². The Balaban J connectivity index is 1.97. The summed E-state index contributed by atoms with van der Waals surface area (Å²) in [6.07, 6.45) is -3.15. The molecule has 9 heteroatoms. The number of ether oxygens (including phenoxy) is 1. The molecular formula is C13H15F3N2O3S. The number of nitrogens with zero attached hydrogens (tertiary/aromatic N) is 2. The number of hydrogen-bond donors (Lipinski definition) is 0. The molecule has 1 aromatic rings. The van der Waals surface area contributed by atoms with Gasteiger partial charge in [-0.25, -0.2) is 9.78 Å². The molecule has 0 N–H and O–H groups in total. The lowest BCUT2D eigenvalue weighted by molar-refractivity contribution is -0.183. The smallest absolute Gasteiger partial charge is 0.391 e. The fraction of sp³-hybridized carbons (Fsp3) is 0.615. The van der Waals surface area contributed by atoms with Gasteiger partial charge in [-0.15, -0.1) is 11.3 Å². The van der Waals surface area contributed by atoms with E-state index in [0.29, 0.717) is 0 Å². The Kier molecular flexibility index (Phi) is 5.05. The average Bonchev–Trinajstić information content (AvgIpc) is 2.96. The predicted octanol–water partition coefficient (Wildman–Crippen LogP) is 2.73. The van der Waals surface area contributed by atoms with Crippen molar-refractivity contribution in [2.24, 2.45) is 5.92 Å². The molecule has 0 unspecified atom stereocenters. The van der Waals surface area contributed by atoms with Crippen LogP contribution in [0.3, 0.4) is 0 Å². The normalized spacial score (nSPS) is 16.6. The topological polar surface area (TPSA) is 59.5 Å². The van der Waals surface area contributed by atoms with E-state index in [4.69, 9.17) is 4.74 Å². The van der Waals surface area contributed by atoms with E-state index >= 15 is 0 Å². The van der Waals surface area contributed by atoms with Gasteiger partial charge in [0.05, 0.1) is 18.7 Å². The summed E-state index contributed by atoms with van der Waals surface area (Å²) in [5, 5.41) is 0.0652. The Morgan fingerprint density at radius 2 is 2.05 bits per heavy atom. The lowest BCUT2D eigenvalue weighted by Gasteiger charge is -2.32. The van der Waals surface area contributed by atoms with Gasteiger partial charge in [0.2, 0.25) is 5.01 Å². The molecular weight excluding hydrogens is 321 g/mol. The van der Waals surface area contributed by atoms with Crippen molar-refractivity contribution in [3.8, 4) is 0 Å². The van der Waals surface area contributed by atoms with E-state index in [1.54, 1.807) is 6.92 Å². The molecule has 1 amide bonds. The third-order valence-corrected chi connectivity index (χ3v) is 4.38. The number of amides is 1. The van der Waals surface area contributed by atoms with Crippen LogP contribution in [0.15, 0.2) is 6.20 Å². The number of carbonyl (C=O) groups is 2. The van der Waals surface area contributed by atoms with Gasteiger partial charge < -0.3 is 9.64 Å². The number of piperidine rings is 1. The first-order chi connectivity index (χ1) is 10.3. The Bertz CT molecular complexity index is 551. The number of aromatic nitrogens is 1. The van der Waals surface area contributed by atoms with Crippen molar-refractivity contribution < 1.29 is 27.5 Å². The zero-order chi connectivity index (χ0) is 16.3. The van der Waals surface area contributed by atoms with Crippen LogP contribution in [0, 0.1) is 5.92 Å². The Labute approximate surface area is 129 Å². The second-order valence-corrected chi connectivity index (χ2v) is 5.89. The molecule has 1 saturated heterocycles. The number of rotatable bonds is 3. The van der Waals surface area contributed by atoms with Crippen molar-refractivity contribution in [3.05, 3.63) is 16.1 Å². The summed E-state index contributed by atoms with van der Waals surface area (Å²) in [5.74, 6) is -2.36. The molecule has 1 aromatic heterocycles. The third kappa shape index (κ3) is 3.76. The molecule has 1 aliphatic rings. The Hall–Kier alpha value is -1.64. The third-order valence-electron chi connectivity index (χ3n) is 3.41. The van der Waals surface area contributed by atoms with Crippen LogP contribution in [0.25, 0.3) is 0 Å². The van der Waals surface area contributed by atoms with E-state index in [0.717, 1.165) is 11.3 Å². The first kappa shape index (κ1) is 16.7. The van der Waals surface area contributed by atoms with Gasteiger partial charge in [0.25, 0.3) is 5.91 Å². The van der Waals surface area contributed by atoms with Crippen molar-refractivity contribution in [2.45, 2.75) is 25.9 Å². The first-order valence-corrected chi connectivity index (χ1v) is 7.63. The van der Waals surface area contributed by atoms with E-state index in [2.05, 4.69) is 4.98 Å². The number of likely N-dealkylation sites (tertiary alicyclic amines) is 1. The average molecular weight is 336 g/mol. The van der Waals surface area contributed by atoms with Gasteiger partial charge in [0.1, 0.15) is 4.88 Å². The molecule has 0 spiro atoms. The zero-order valence-electron chi connectivity index (χ0n) is 11.9. The van der Waals surface area contributed by atoms with Crippen LogP contribution >= 0.6 is 11.3 Å². The quantitative estimate of drug-likeness (QED) is 0.797. The molecule has 2 rings (SSSR count). The van der Waals surface area contributed by atoms with Gasteiger partial charge in [-0.3, -0.25) is 4.79 Å². The molecule has 5 nitrogen and oxygen atoms in total. The minimum atomic E-state index is -4.21. The van der Waals surface area contributed by atoms with E-state index in [1.165, 1.54) is 11.1 Å². The zero-order valence-corrected chi connectivity index (χ0v) is 12.7. The van der Waals surface area contributed by atoms with Crippen molar-refractivity contribution in [1.82, 2.24) is 9.88 Å². The molecule has 0 aliphatic carbocycles. The fourth-order valence-corrected chi connectivity index (χ4v) is 3.00. The number of hydrogen-bond acceptors (Lipinski definition) is 5. The Morgan fingerprint density at radius 3 is 2.59 bits per heavy atom. The maximum Gasteiger partial charge on any atom is 0.391 e. The summed E-state index contributed by atoms with van der Waals surface area (Å²) < 4.78 is 42.6. The SMILES string of the molecule is CCOC(=O)c1ncc(C(=O)N2CCC(C(F)(F)F)CC2)s1. The number of thiazole rings is 1. The lowest BCUT2D eigenvalue weighted by Crippen LogP contribution is -2.41. The second-order valence-electron chi connectivity index (χ2n) is 4.86. The number of alkyl halides is 3. The maximum absolute atomic E-state index is 12.6. The van der Waals surface area contributed by atoms with Gasteiger partial charge in [-0.1, -0.05) is 0 Å². The van der Waals surface area contributed by atoms with Crippen molar-refractivity contribution in [1.29, 1.82) is 0 Å². The van der Waals surface area contributed by atoms with Crippen molar-refractivity contribution in [2.75, 3.05) is 19.7 Å². The lowest BCUT2D eigenvalue weighted by atomic mass is 9.96. The van der Waals surface area contributed by atoms with Gasteiger partial charge >= 0.3 is 12.1 Å². The highest BCUT2D eigenvalue weighted by atomic mass is 32.1. The molecule has 0 bridgehead atoms. The highest BCUT2D eigenvalue weighted by Crippen LogP contribution is 2.34. The molecule has 0 atom stereocenters. The monoisotopic (exact) mass is 336 g/mol. The van der Waals surface area contributed by atoms with Gasteiger partial charge in [-0.2, -0.15) is 13.2 Å². The standard InChI is InChI=1S/C13H15F3N2O3S/c1-2-21-12(20)10-17-7-9(22-10)11(19)18-5-3-8(4-6-18)13(14,15)16/h7-8H,2-6H2,1H3. The summed E-state index contributed by atoms with van der Waals surface area (Å²) in [7, 11) is 0. The summed E-state index contributed by atoms with van der Waals surface area (Å²) >= 11 is 0.890. The molecule has 0 radical (unpaired) electrons. The number of esters is 1. The maximum atomic E-state index is 12.6. The first-order valence-electron chi connectivity index (χ1n) is 6.82. The fourth-order valence-electron chi connectivity index (χ4n) is 2.23. The van der Waals surface area contributed by atoms with Crippen LogP contribution < -0.4 is 0 Å². The van der Waals surface area contributed by atoms with Crippen molar-refractivity contribution in [3.63, 3.8) is 0 Å². The minimum absolute atomic E-state index is 0.0512. The molecule has 1 aliphatic heterocycles. The number of halogens is 3. The van der Waals surface area contributed by atoms with Crippen LogP contribution in [-0.2, 0) is 4.74 Å². The molecule has 0 aromatic carbocycles. The van der Waals surface area contributed by atoms with Crippen LogP contribution in [-0.4, -0.2) is 47.6 Å². The van der Waals surface area contributed by atoms with Gasteiger partial charge in [0, 0.05) is 13.1 Å². The minimum Gasteiger partial charge on any atom is -0.461 e. The van der Waals surface area contributed by atoms with Crippen LogP contribution in [0.1, 0.15) is 39.2 Å². The van der Waals surface area contributed by atoms with Crippen LogP contribution in [0.5, 0.6) is 0 Å². The van der Waals surface area contributed by atoms with E-state index < -0.39 is 24.0 Å². The van der Waals surface area contributed by atoms with Crippen LogP contribution in [0.2, 0.25) is 0 Å². The van der Waals surface area contributed by atoms with Gasteiger partial charge in [0.15, 0.2) is 0 Å².